The van der Waals surface area contributed by atoms with Crippen LogP contribution in [0.25, 0.3) is 0 Å². The van der Waals surface area contributed by atoms with Gasteiger partial charge in [0.25, 0.3) is 5.91 Å². The number of benzene rings is 1. The van der Waals surface area contributed by atoms with Crippen LogP contribution < -0.4 is 20.4 Å². The van der Waals surface area contributed by atoms with Gasteiger partial charge in [-0.05, 0) is 18.2 Å². The molecule has 1 unspecified atom stereocenters. The van der Waals surface area contributed by atoms with Crippen LogP contribution >= 0.6 is 0 Å². The van der Waals surface area contributed by atoms with Crippen molar-refractivity contribution in [1.82, 2.24) is 10.6 Å². The fraction of sp³-hybridized carbons (Fsp3) is 0.500. The van der Waals surface area contributed by atoms with Gasteiger partial charge in [-0.2, -0.15) is 8.78 Å². The van der Waals surface area contributed by atoms with Crippen molar-refractivity contribution in [3.8, 4) is 0 Å². The van der Waals surface area contributed by atoms with E-state index in [0.717, 1.165) is 36.8 Å². The fourth-order valence-electron chi connectivity index (χ4n) is 2.95. The Balaban J connectivity index is 1.65. The van der Waals surface area contributed by atoms with Gasteiger partial charge in [0.2, 0.25) is 0 Å². The number of piperazine rings is 1. The molecule has 142 valence electrons. The maximum Gasteiger partial charge on any atom is 0.414 e. The van der Waals surface area contributed by atoms with E-state index in [4.69, 9.17) is 4.74 Å². The Morgan fingerprint density at radius 1 is 1.35 bits per heavy atom. The summed E-state index contributed by atoms with van der Waals surface area (Å²) in [5.41, 5.74) is 0.776. The molecule has 10 heteroatoms. The molecular weight excluding hydrogens is 353 g/mol. The van der Waals surface area contributed by atoms with E-state index in [1.807, 2.05) is 10.2 Å². The Hall–Kier alpha value is -2.49. The van der Waals surface area contributed by atoms with Gasteiger partial charge in [0.1, 0.15) is 11.9 Å². The quantitative estimate of drug-likeness (QED) is 0.805. The van der Waals surface area contributed by atoms with Gasteiger partial charge in [-0.25, -0.2) is 9.18 Å². The third-order valence-electron chi connectivity index (χ3n) is 4.28. The molecule has 0 spiro atoms. The zero-order valence-corrected chi connectivity index (χ0v) is 13.9. The molecule has 1 aromatic carbocycles. The van der Waals surface area contributed by atoms with E-state index in [1.165, 1.54) is 12.1 Å². The summed E-state index contributed by atoms with van der Waals surface area (Å²) in [6.07, 6.45) is -4.74. The molecule has 0 bridgehead atoms. The maximum atomic E-state index is 14.5. The summed E-state index contributed by atoms with van der Waals surface area (Å²) in [5.74, 6) is -2.01. The summed E-state index contributed by atoms with van der Waals surface area (Å²) < 4.78 is 43.9. The predicted octanol–water partition coefficient (Wildman–Crippen LogP) is 0.942. The molecule has 2 aliphatic heterocycles. The van der Waals surface area contributed by atoms with E-state index in [9.17, 15) is 22.8 Å². The highest BCUT2D eigenvalue weighted by Crippen LogP contribution is 2.28. The number of nitrogens with one attached hydrogen (secondary N) is 2. The van der Waals surface area contributed by atoms with Crippen LogP contribution in [0, 0.1) is 5.82 Å². The van der Waals surface area contributed by atoms with Crippen molar-refractivity contribution in [2.24, 2.45) is 0 Å². The van der Waals surface area contributed by atoms with E-state index in [-0.39, 0.29) is 18.8 Å². The molecule has 2 amide bonds. The van der Waals surface area contributed by atoms with Crippen molar-refractivity contribution >= 4 is 23.4 Å². The van der Waals surface area contributed by atoms with Crippen molar-refractivity contribution in [1.29, 1.82) is 0 Å². The number of rotatable bonds is 5. The zero-order valence-electron chi connectivity index (χ0n) is 13.9. The normalized spacial score (nSPS) is 20.5. The molecule has 3 rings (SSSR count). The number of halogens is 3. The molecule has 0 aliphatic carbocycles. The average Bonchev–Trinajstić information content (AvgIpc) is 3.00. The Morgan fingerprint density at radius 3 is 2.73 bits per heavy atom. The predicted molar refractivity (Wildman–Crippen MR) is 88.1 cm³/mol. The molecule has 2 heterocycles. The number of alkyl halides is 2. The average molecular weight is 372 g/mol. The second-order valence-corrected chi connectivity index (χ2v) is 6.03. The van der Waals surface area contributed by atoms with Crippen LogP contribution in [0.5, 0.6) is 0 Å². The van der Waals surface area contributed by atoms with Gasteiger partial charge in [0.05, 0.1) is 18.8 Å². The molecule has 2 N–H and O–H groups in total. The molecule has 1 atom stereocenters. The smallest absolute Gasteiger partial charge is 0.414 e. The number of cyclic esters (lactones) is 1. The lowest BCUT2D eigenvalue weighted by molar-refractivity contribution is -0.132. The van der Waals surface area contributed by atoms with Crippen molar-refractivity contribution in [2.75, 3.05) is 49.1 Å². The number of carbonyl (C=O) groups is 2. The van der Waals surface area contributed by atoms with E-state index in [1.54, 1.807) is 6.07 Å². The van der Waals surface area contributed by atoms with Crippen molar-refractivity contribution < 1.29 is 27.5 Å². The van der Waals surface area contributed by atoms with E-state index < -0.39 is 30.3 Å². The first-order chi connectivity index (χ1) is 12.5. The number of carbonyl (C=O) groups excluding carboxylic acids is 2. The van der Waals surface area contributed by atoms with Gasteiger partial charge < -0.3 is 20.3 Å². The van der Waals surface area contributed by atoms with Crippen molar-refractivity contribution in [2.45, 2.75) is 12.5 Å². The monoisotopic (exact) mass is 372 g/mol. The first-order valence-electron chi connectivity index (χ1n) is 8.25. The molecule has 2 aliphatic rings. The Labute approximate surface area is 148 Å². The molecule has 0 radical (unpaired) electrons. The topological polar surface area (TPSA) is 73.9 Å². The molecule has 26 heavy (non-hydrogen) atoms. The van der Waals surface area contributed by atoms with Crippen LogP contribution in [-0.4, -0.2) is 63.8 Å². The first kappa shape index (κ1) is 18.3. The second kappa shape index (κ2) is 7.81. The SMILES string of the molecule is O=C(NCC1CN(c2ccc(N3CCNCC3)cc2F)C(=O)O1)C(F)F. The number of nitrogens with zero attached hydrogens (tertiary/aromatic N) is 2. The number of anilines is 2. The minimum Gasteiger partial charge on any atom is -0.442 e. The van der Waals surface area contributed by atoms with E-state index >= 15 is 0 Å². The Kier molecular flexibility index (Phi) is 5.50. The highest BCUT2D eigenvalue weighted by atomic mass is 19.3. The van der Waals surface area contributed by atoms with Gasteiger partial charge in [0.15, 0.2) is 0 Å². The molecule has 0 saturated carbocycles. The van der Waals surface area contributed by atoms with Crippen LogP contribution in [-0.2, 0) is 9.53 Å². The van der Waals surface area contributed by atoms with Gasteiger partial charge in [0, 0.05) is 31.9 Å². The van der Waals surface area contributed by atoms with Gasteiger partial charge >= 0.3 is 12.5 Å². The second-order valence-electron chi connectivity index (χ2n) is 6.03. The van der Waals surface area contributed by atoms with Crippen molar-refractivity contribution in [3.63, 3.8) is 0 Å². The third-order valence-corrected chi connectivity index (χ3v) is 4.28. The lowest BCUT2D eigenvalue weighted by Gasteiger charge is -2.29. The van der Waals surface area contributed by atoms with Crippen molar-refractivity contribution in [3.05, 3.63) is 24.0 Å². The lowest BCUT2D eigenvalue weighted by Crippen LogP contribution is -2.43. The van der Waals surface area contributed by atoms with Crippen LogP contribution in [0.4, 0.5) is 29.3 Å². The van der Waals surface area contributed by atoms with E-state index in [0.29, 0.717) is 0 Å². The van der Waals surface area contributed by atoms with E-state index in [2.05, 4.69) is 5.32 Å². The van der Waals surface area contributed by atoms with Gasteiger partial charge in [-0.3, -0.25) is 9.69 Å². The fourth-order valence-corrected chi connectivity index (χ4v) is 2.95. The third kappa shape index (κ3) is 4.01. The van der Waals surface area contributed by atoms with Crippen LogP contribution in [0.15, 0.2) is 18.2 Å². The summed E-state index contributed by atoms with van der Waals surface area (Å²) >= 11 is 0. The molecule has 1 aromatic rings. The van der Waals surface area contributed by atoms with Crippen LogP contribution in [0.1, 0.15) is 0 Å². The largest absolute Gasteiger partial charge is 0.442 e. The molecule has 7 nitrogen and oxygen atoms in total. The Morgan fingerprint density at radius 2 is 2.08 bits per heavy atom. The van der Waals surface area contributed by atoms with Crippen LogP contribution in [0.2, 0.25) is 0 Å². The van der Waals surface area contributed by atoms with Gasteiger partial charge in [-0.15, -0.1) is 0 Å². The zero-order chi connectivity index (χ0) is 18.7. The number of amides is 2. The summed E-state index contributed by atoms with van der Waals surface area (Å²) in [6, 6.07) is 4.58. The maximum absolute atomic E-state index is 14.5. The highest BCUT2D eigenvalue weighted by molar-refractivity contribution is 5.90. The minimum atomic E-state index is -3.14. The first-order valence-corrected chi connectivity index (χ1v) is 8.25. The summed E-state index contributed by atoms with van der Waals surface area (Å²) in [4.78, 5) is 26.0. The summed E-state index contributed by atoms with van der Waals surface area (Å²) in [7, 11) is 0. The molecule has 0 aromatic heterocycles. The number of hydrogen-bond acceptors (Lipinski definition) is 5. The highest BCUT2D eigenvalue weighted by Gasteiger charge is 2.34. The summed E-state index contributed by atoms with van der Waals surface area (Å²) in [5, 5.41) is 5.20. The molecule has 2 saturated heterocycles. The molecular formula is C16H19F3N4O3. The summed E-state index contributed by atoms with van der Waals surface area (Å²) in [6.45, 7) is 2.85. The minimum absolute atomic E-state index is 0.0355. The Bertz CT molecular complexity index is 683. The standard InChI is InChI=1S/C16H19F3N4O3/c17-12-7-10(22-5-3-20-4-6-22)1-2-13(12)23-9-11(26-16(23)25)8-21-15(24)14(18)19/h1-2,7,11,14,20H,3-6,8-9H2,(H,21,24). The van der Waals surface area contributed by atoms with Gasteiger partial charge in [-0.1, -0.05) is 0 Å². The van der Waals surface area contributed by atoms with Crippen LogP contribution in [0.3, 0.4) is 0 Å². The molecule has 2 fully saturated rings. The number of ether oxygens (including phenoxy) is 1. The number of hydrogen-bond donors (Lipinski definition) is 2. The lowest BCUT2D eigenvalue weighted by atomic mass is 10.2.